The zero-order chi connectivity index (χ0) is 25.6. The minimum Gasteiger partial charge on any atom is -0.414 e. The number of alkyl halides is 3. The number of ether oxygens (including phenoxy) is 2. The van der Waals surface area contributed by atoms with Gasteiger partial charge in [0.25, 0.3) is 0 Å². The third kappa shape index (κ3) is 6.77. The Morgan fingerprint density at radius 1 is 0.875 bits per heavy atom. The topological polar surface area (TPSA) is 80.3 Å². The van der Waals surface area contributed by atoms with Gasteiger partial charge in [-0.2, -0.15) is 21.6 Å². The van der Waals surface area contributed by atoms with Crippen LogP contribution >= 0.6 is 0 Å². The van der Waals surface area contributed by atoms with Gasteiger partial charge in [-0.05, 0) is 36.3 Å². The molecule has 0 amide bonds. The van der Waals surface area contributed by atoms with E-state index in [1.807, 2.05) is 67.7 Å². The van der Waals surface area contributed by atoms with Crippen molar-refractivity contribution in [2.75, 3.05) is 13.7 Å². The van der Waals surface area contributed by atoms with Crippen molar-refractivity contribution in [3.8, 4) is 0 Å². The second-order valence-corrected chi connectivity index (χ2v) is 22.3. The Hall–Kier alpha value is -0.0262. The first-order chi connectivity index (χ1) is 14.0. The average molecular weight is 525 g/mol. The van der Waals surface area contributed by atoms with Gasteiger partial charge in [0.2, 0.25) is 0 Å². The molecule has 0 bridgehead atoms. The van der Waals surface area contributed by atoms with E-state index in [9.17, 15) is 21.6 Å². The summed E-state index contributed by atoms with van der Waals surface area (Å²) in [6.07, 6.45) is -4.98. The predicted molar refractivity (Wildman–Crippen MR) is 121 cm³/mol. The summed E-state index contributed by atoms with van der Waals surface area (Å²) >= 11 is 0. The number of methoxy groups -OCH3 is 1. The van der Waals surface area contributed by atoms with Gasteiger partial charge < -0.3 is 18.3 Å². The minimum atomic E-state index is -5.90. The van der Waals surface area contributed by atoms with Crippen molar-refractivity contribution in [1.82, 2.24) is 0 Å². The molecule has 1 fully saturated rings. The lowest BCUT2D eigenvalue weighted by Gasteiger charge is -2.40. The number of halogens is 3. The van der Waals surface area contributed by atoms with E-state index in [-0.39, 0.29) is 16.7 Å². The Labute approximate surface area is 192 Å². The van der Waals surface area contributed by atoms with Crippen LogP contribution in [-0.4, -0.2) is 68.9 Å². The highest BCUT2D eigenvalue weighted by Gasteiger charge is 2.57. The molecule has 0 saturated carbocycles. The van der Waals surface area contributed by atoms with Crippen molar-refractivity contribution in [1.29, 1.82) is 0 Å². The minimum absolute atomic E-state index is 0.147. The van der Waals surface area contributed by atoms with Gasteiger partial charge in [0.15, 0.2) is 22.9 Å². The number of rotatable bonds is 8. The van der Waals surface area contributed by atoms with Crippen LogP contribution in [0, 0.1) is 0 Å². The van der Waals surface area contributed by atoms with Gasteiger partial charge >= 0.3 is 15.6 Å². The van der Waals surface area contributed by atoms with Gasteiger partial charge in [-0.25, -0.2) is 0 Å². The van der Waals surface area contributed by atoms with E-state index in [2.05, 4.69) is 0 Å². The molecular formula is C19H39F3O7SSi2. The van der Waals surface area contributed by atoms with Crippen molar-refractivity contribution >= 4 is 26.8 Å². The Morgan fingerprint density at radius 2 is 1.34 bits per heavy atom. The largest absolute Gasteiger partial charge is 0.523 e. The second kappa shape index (κ2) is 9.55. The van der Waals surface area contributed by atoms with E-state index < -0.39 is 56.9 Å². The molecule has 1 saturated heterocycles. The van der Waals surface area contributed by atoms with Gasteiger partial charge in [0.1, 0.15) is 18.3 Å². The molecule has 0 aromatic heterocycles. The quantitative estimate of drug-likeness (QED) is 0.251. The molecule has 1 rings (SSSR count). The molecule has 7 nitrogen and oxygen atoms in total. The zero-order valence-electron chi connectivity index (χ0n) is 20.9. The van der Waals surface area contributed by atoms with Crippen molar-refractivity contribution in [2.45, 2.75) is 108 Å². The van der Waals surface area contributed by atoms with E-state index in [4.69, 9.17) is 22.5 Å². The Morgan fingerprint density at radius 3 is 1.72 bits per heavy atom. The molecule has 0 radical (unpaired) electrons. The first kappa shape index (κ1) is 30.0. The molecule has 192 valence electrons. The van der Waals surface area contributed by atoms with Gasteiger partial charge in [-0.1, -0.05) is 41.5 Å². The monoisotopic (exact) mass is 524 g/mol. The van der Waals surface area contributed by atoms with Gasteiger partial charge in [-0.3, -0.25) is 4.18 Å². The second-order valence-electron chi connectivity index (χ2n) is 11.2. The van der Waals surface area contributed by atoms with Crippen molar-refractivity contribution in [2.24, 2.45) is 0 Å². The van der Waals surface area contributed by atoms with E-state index in [1.165, 1.54) is 7.11 Å². The number of hydrogen-bond acceptors (Lipinski definition) is 7. The van der Waals surface area contributed by atoms with Crippen molar-refractivity contribution < 1.29 is 44.1 Å². The van der Waals surface area contributed by atoms with Gasteiger partial charge in [-0.15, -0.1) is 0 Å². The molecule has 4 atom stereocenters. The van der Waals surface area contributed by atoms with Crippen LogP contribution < -0.4 is 0 Å². The normalized spacial score (nSPS) is 26.6. The summed E-state index contributed by atoms with van der Waals surface area (Å²) in [6.45, 7) is 19.5. The Bertz CT molecular complexity index is 743. The molecule has 0 spiro atoms. The molecule has 1 heterocycles. The maximum absolute atomic E-state index is 13.1. The SMILES string of the molecule is CO[C@@H]1O[C@H](CO[Si](C)(C)C(C)(C)C)[C@@H](OS(=O)(=O)C(F)(F)F)[C@H]1O[Si](C)(C)C(C)(C)C. The summed E-state index contributed by atoms with van der Waals surface area (Å²) in [5.41, 5.74) is -5.58. The van der Waals surface area contributed by atoms with E-state index in [1.54, 1.807) is 0 Å². The smallest absolute Gasteiger partial charge is 0.414 e. The highest BCUT2D eigenvalue weighted by Crippen LogP contribution is 2.42. The summed E-state index contributed by atoms with van der Waals surface area (Å²) < 4.78 is 91.4. The lowest BCUT2D eigenvalue weighted by Crippen LogP contribution is -2.52. The highest BCUT2D eigenvalue weighted by atomic mass is 32.2. The van der Waals surface area contributed by atoms with Crippen LogP contribution in [0.25, 0.3) is 0 Å². The fraction of sp³-hybridized carbons (Fsp3) is 1.00. The average Bonchev–Trinajstić information content (AvgIpc) is 2.86. The molecule has 0 unspecified atom stereocenters. The molecule has 0 aromatic carbocycles. The fourth-order valence-corrected chi connectivity index (χ4v) is 5.41. The van der Waals surface area contributed by atoms with Gasteiger partial charge in [0.05, 0.1) is 6.61 Å². The maximum Gasteiger partial charge on any atom is 0.523 e. The molecule has 32 heavy (non-hydrogen) atoms. The van der Waals surface area contributed by atoms with Crippen LogP contribution in [0.4, 0.5) is 13.2 Å². The van der Waals surface area contributed by atoms with Crippen LogP contribution in [0.15, 0.2) is 0 Å². The first-order valence-electron chi connectivity index (χ1n) is 10.5. The Balaban J connectivity index is 3.34. The lowest BCUT2D eigenvalue weighted by atomic mass is 10.1. The van der Waals surface area contributed by atoms with Crippen molar-refractivity contribution in [3.05, 3.63) is 0 Å². The van der Waals surface area contributed by atoms with Crippen LogP contribution in [-0.2, 0) is 32.6 Å². The van der Waals surface area contributed by atoms with Crippen LogP contribution in [0.1, 0.15) is 41.5 Å². The standard InChI is InChI=1S/C19H39F3O7SSi2/c1-17(2,3)31(8,9)26-12-13-14(28-30(23,24)19(20,21)22)15(16(25-7)27-13)29-32(10,11)18(4,5)6/h13-16H,12H2,1-11H3/t13-,14-,15-,16-/m1/s1. The predicted octanol–water partition coefficient (Wildman–Crippen LogP) is 5.00. The fourth-order valence-electron chi connectivity index (χ4n) is 2.48. The van der Waals surface area contributed by atoms with Crippen molar-refractivity contribution in [3.63, 3.8) is 0 Å². The first-order valence-corrected chi connectivity index (χ1v) is 17.7. The number of hydrogen-bond donors (Lipinski definition) is 0. The third-order valence-corrected chi connectivity index (χ3v) is 16.7. The summed E-state index contributed by atoms with van der Waals surface area (Å²) in [7, 11) is -9.44. The van der Waals surface area contributed by atoms with E-state index in [0.29, 0.717) is 0 Å². The Kier molecular flexibility index (Phi) is 8.96. The van der Waals surface area contributed by atoms with E-state index in [0.717, 1.165) is 0 Å². The van der Waals surface area contributed by atoms with Crippen LogP contribution in [0.2, 0.25) is 36.3 Å². The highest BCUT2D eigenvalue weighted by molar-refractivity contribution is 7.87. The molecule has 1 aliphatic rings. The zero-order valence-corrected chi connectivity index (χ0v) is 23.7. The molecular weight excluding hydrogens is 485 g/mol. The van der Waals surface area contributed by atoms with E-state index >= 15 is 0 Å². The van der Waals surface area contributed by atoms with Gasteiger partial charge in [0, 0.05) is 7.11 Å². The summed E-state index contributed by atoms with van der Waals surface area (Å²) in [6, 6.07) is 0. The maximum atomic E-state index is 13.1. The molecule has 0 N–H and O–H groups in total. The molecule has 13 heteroatoms. The summed E-state index contributed by atoms with van der Waals surface area (Å²) in [4.78, 5) is 0. The molecule has 1 aliphatic heterocycles. The third-order valence-electron chi connectivity index (χ3n) is 6.67. The molecule has 0 aliphatic carbocycles. The molecule has 0 aromatic rings. The lowest BCUT2D eigenvalue weighted by molar-refractivity contribution is -0.149. The van der Waals surface area contributed by atoms with Crippen LogP contribution in [0.3, 0.4) is 0 Å². The summed E-state index contributed by atoms with van der Waals surface area (Å²) in [5.74, 6) is 0. The summed E-state index contributed by atoms with van der Waals surface area (Å²) in [5, 5.41) is -0.466. The van der Waals surface area contributed by atoms with Crippen LogP contribution in [0.5, 0.6) is 0 Å².